The highest BCUT2D eigenvalue weighted by Crippen LogP contribution is 2.29. The fourth-order valence-corrected chi connectivity index (χ4v) is 2.47. The summed E-state index contributed by atoms with van der Waals surface area (Å²) in [5.41, 5.74) is -0.184. The van der Waals surface area contributed by atoms with Crippen LogP contribution in [0.5, 0.6) is 0 Å². The zero-order valence-corrected chi connectivity index (χ0v) is 14.7. The first kappa shape index (κ1) is 20.1. The van der Waals surface area contributed by atoms with Crippen molar-refractivity contribution in [1.29, 1.82) is 0 Å². The molecule has 9 heteroatoms. The van der Waals surface area contributed by atoms with Crippen LogP contribution in [0.4, 0.5) is 13.2 Å². The lowest BCUT2D eigenvalue weighted by molar-refractivity contribution is -0.137. The summed E-state index contributed by atoms with van der Waals surface area (Å²) in [4.78, 5) is 23.6. The minimum absolute atomic E-state index is 0.0199. The number of halogens is 5. The van der Waals surface area contributed by atoms with Crippen LogP contribution in [0.3, 0.4) is 0 Å². The number of carbonyl (C=O) groups excluding carboxylic acids is 2. The zero-order valence-electron chi connectivity index (χ0n) is 13.2. The lowest BCUT2D eigenvalue weighted by Crippen LogP contribution is -2.36. The molecule has 0 fully saturated rings. The third kappa shape index (κ3) is 5.64. The summed E-state index contributed by atoms with van der Waals surface area (Å²) in [5, 5.41) is 5.76. The highest BCUT2D eigenvalue weighted by Gasteiger charge is 2.30. The van der Waals surface area contributed by atoms with E-state index in [2.05, 4.69) is 10.6 Å². The molecule has 0 atom stereocenters. The maximum absolute atomic E-state index is 12.5. The van der Waals surface area contributed by atoms with Gasteiger partial charge in [0.1, 0.15) is 0 Å². The van der Waals surface area contributed by atoms with Gasteiger partial charge in [0.15, 0.2) is 0 Å². The molecule has 0 aliphatic heterocycles. The van der Waals surface area contributed by atoms with Gasteiger partial charge in [0.25, 0.3) is 5.91 Å². The second-order valence-corrected chi connectivity index (χ2v) is 6.11. The van der Waals surface area contributed by atoms with E-state index >= 15 is 0 Å². The van der Waals surface area contributed by atoms with Crippen LogP contribution in [0.25, 0.3) is 0 Å². The van der Waals surface area contributed by atoms with Gasteiger partial charge in [-0.1, -0.05) is 29.3 Å². The molecule has 26 heavy (non-hydrogen) atoms. The van der Waals surface area contributed by atoms with Gasteiger partial charge in [0.2, 0.25) is 5.91 Å². The Labute approximate surface area is 157 Å². The summed E-state index contributed by atoms with van der Waals surface area (Å²) >= 11 is 11.8. The number of rotatable bonds is 5. The molecule has 0 aliphatic carbocycles. The van der Waals surface area contributed by atoms with Crippen LogP contribution in [0.15, 0.2) is 42.5 Å². The molecule has 0 saturated carbocycles. The Kier molecular flexibility index (Phi) is 6.50. The van der Waals surface area contributed by atoms with Crippen molar-refractivity contribution in [1.82, 2.24) is 10.6 Å². The van der Waals surface area contributed by atoms with Gasteiger partial charge in [-0.25, -0.2) is 0 Å². The van der Waals surface area contributed by atoms with Gasteiger partial charge in [-0.05, 0) is 42.0 Å². The molecule has 0 radical (unpaired) electrons. The Bertz CT molecular complexity index is 809. The van der Waals surface area contributed by atoms with Crippen molar-refractivity contribution in [2.75, 3.05) is 6.54 Å². The fraction of sp³-hybridized carbons (Fsp3) is 0.176. The number of carbonyl (C=O) groups is 2. The number of nitrogens with one attached hydrogen (secondary N) is 2. The van der Waals surface area contributed by atoms with Crippen molar-refractivity contribution in [3.8, 4) is 0 Å². The van der Waals surface area contributed by atoms with Crippen LogP contribution in [0.1, 0.15) is 21.5 Å². The Hall–Kier alpha value is -2.25. The summed E-state index contributed by atoms with van der Waals surface area (Å²) in [6.07, 6.45) is -4.47. The summed E-state index contributed by atoms with van der Waals surface area (Å²) in [7, 11) is 0. The largest absolute Gasteiger partial charge is 0.416 e. The predicted octanol–water partition coefficient (Wildman–Crippen LogP) is 4.06. The van der Waals surface area contributed by atoms with Crippen LogP contribution < -0.4 is 10.6 Å². The van der Waals surface area contributed by atoms with E-state index < -0.39 is 23.6 Å². The molecule has 4 nitrogen and oxygen atoms in total. The molecule has 2 aromatic carbocycles. The van der Waals surface area contributed by atoms with E-state index in [1.807, 2.05) is 0 Å². The van der Waals surface area contributed by atoms with Gasteiger partial charge in [-0.2, -0.15) is 13.2 Å². The number of hydrogen-bond donors (Lipinski definition) is 2. The maximum atomic E-state index is 12.5. The molecule has 0 spiro atoms. The van der Waals surface area contributed by atoms with Gasteiger partial charge in [0.05, 0.1) is 12.1 Å². The van der Waals surface area contributed by atoms with E-state index in [0.29, 0.717) is 15.6 Å². The van der Waals surface area contributed by atoms with Crippen molar-refractivity contribution in [3.63, 3.8) is 0 Å². The van der Waals surface area contributed by atoms with Crippen molar-refractivity contribution < 1.29 is 22.8 Å². The molecule has 0 aromatic heterocycles. The summed E-state index contributed by atoms with van der Waals surface area (Å²) in [6.45, 7) is -0.184. The summed E-state index contributed by atoms with van der Waals surface area (Å²) in [6, 6.07) is 8.52. The molecular formula is C17H13Cl2F3N2O2. The summed E-state index contributed by atoms with van der Waals surface area (Å²) in [5.74, 6) is -1.13. The third-order valence-corrected chi connectivity index (χ3v) is 3.96. The molecule has 0 unspecified atom stereocenters. The SMILES string of the molecule is O=C(CNC(=O)c1ccc(C(F)(F)F)cc1)NCc1ccc(Cl)cc1Cl. The highest BCUT2D eigenvalue weighted by atomic mass is 35.5. The topological polar surface area (TPSA) is 58.2 Å². The fourth-order valence-electron chi connectivity index (χ4n) is 1.99. The molecule has 2 rings (SSSR count). The lowest BCUT2D eigenvalue weighted by atomic mass is 10.1. The molecule has 0 saturated heterocycles. The molecule has 2 amide bonds. The van der Waals surface area contributed by atoms with Gasteiger partial charge in [0, 0.05) is 22.2 Å². The van der Waals surface area contributed by atoms with Gasteiger partial charge < -0.3 is 10.6 Å². The van der Waals surface area contributed by atoms with Crippen molar-refractivity contribution in [2.45, 2.75) is 12.7 Å². The quantitative estimate of drug-likeness (QED) is 0.789. The van der Waals surface area contributed by atoms with Gasteiger partial charge in [-0.15, -0.1) is 0 Å². The third-order valence-electron chi connectivity index (χ3n) is 3.38. The lowest BCUT2D eigenvalue weighted by Gasteiger charge is -2.09. The van der Waals surface area contributed by atoms with Crippen LogP contribution in [-0.2, 0) is 17.5 Å². The highest BCUT2D eigenvalue weighted by molar-refractivity contribution is 6.35. The Morgan fingerprint density at radius 1 is 0.962 bits per heavy atom. The van der Waals surface area contributed by atoms with E-state index in [-0.39, 0.29) is 18.7 Å². The number of alkyl halides is 3. The Balaban J connectivity index is 1.84. The van der Waals surface area contributed by atoms with Crippen molar-refractivity contribution in [3.05, 3.63) is 69.2 Å². The van der Waals surface area contributed by atoms with Crippen molar-refractivity contribution >= 4 is 35.0 Å². The smallest absolute Gasteiger partial charge is 0.350 e. The molecular weight excluding hydrogens is 392 g/mol. The average molecular weight is 405 g/mol. The molecule has 0 aliphatic rings. The Morgan fingerprint density at radius 3 is 2.19 bits per heavy atom. The first-order valence-electron chi connectivity index (χ1n) is 7.33. The van der Waals surface area contributed by atoms with E-state index in [0.717, 1.165) is 24.3 Å². The first-order chi connectivity index (χ1) is 12.2. The number of benzene rings is 2. The van der Waals surface area contributed by atoms with Gasteiger partial charge in [-0.3, -0.25) is 9.59 Å². The van der Waals surface area contributed by atoms with Crippen molar-refractivity contribution in [2.24, 2.45) is 0 Å². The molecule has 0 heterocycles. The maximum Gasteiger partial charge on any atom is 0.416 e. The minimum Gasteiger partial charge on any atom is -0.350 e. The van der Waals surface area contributed by atoms with Crippen LogP contribution in [0.2, 0.25) is 10.0 Å². The van der Waals surface area contributed by atoms with Crippen LogP contribution >= 0.6 is 23.2 Å². The van der Waals surface area contributed by atoms with E-state index in [1.165, 1.54) is 6.07 Å². The van der Waals surface area contributed by atoms with E-state index in [4.69, 9.17) is 23.2 Å². The normalized spacial score (nSPS) is 11.1. The van der Waals surface area contributed by atoms with Gasteiger partial charge >= 0.3 is 6.18 Å². The monoisotopic (exact) mass is 404 g/mol. The molecule has 2 N–H and O–H groups in total. The Morgan fingerprint density at radius 2 is 1.62 bits per heavy atom. The van der Waals surface area contributed by atoms with E-state index in [9.17, 15) is 22.8 Å². The zero-order chi connectivity index (χ0) is 19.3. The second kappa shape index (κ2) is 8.42. The standard InChI is InChI=1S/C17H13Cl2F3N2O2/c18-13-6-3-11(14(19)7-13)8-23-15(25)9-24-16(26)10-1-4-12(5-2-10)17(20,21)22/h1-7H,8-9H2,(H,23,25)(H,24,26). The predicted molar refractivity (Wildman–Crippen MR) is 92.1 cm³/mol. The van der Waals surface area contributed by atoms with E-state index in [1.54, 1.807) is 12.1 Å². The minimum atomic E-state index is -4.47. The first-order valence-corrected chi connectivity index (χ1v) is 8.08. The summed E-state index contributed by atoms with van der Waals surface area (Å²) < 4.78 is 37.4. The average Bonchev–Trinajstić information content (AvgIpc) is 2.58. The second-order valence-electron chi connectivity index (χ2n) is 5.27. The molecule has 2 aromatic rings. The van der Waals surface area contributed by atoms with Crippen LogP contribution in [0, 0.1) is 0 Å². The molecule has 0 bridgehead atoms. The number of amides is 2. The number of hydrogen-bond acceptors (Lipinski definition) is 2. The molecule has 138 valence electrons. The van der Waals surface area contributed by atoms with Crippen LogP contribution in [-0.4, -0.2) is 18.4 Å².